The van der Waals surface area contributed by atoms with Crippen molar-refractivity contribution in [2.24, 2.45) is 0 Å². The molecule has 0 saturated carbocycles. The first-order chi connectivity index (χ1) is 7.27. The molecule has 1 heteroatoms. The van der Waals surface area contributed by atoms with Crippen LogP contribution in [0.5, 0.6) is 0 Å². The van der Waals surface area contributed by atoms with E-state index in [2.05, 4.69) is 49.2 Å². The van der Waals surface area contributed by atoms with Crippen molar-refractivity contribution >= 4 is 5.69 Å². The molecular weight excluding hydrogens is 182 g/mol. The van der Waals surface area contributed by atoms with Gasteiger partial charge in [0.05, 0.1) is 0 Å². The van der Waals surface area contributed by atoms with Crippen LogP contribution in [-0.4, -0.2) is 7.05 Å². The Balaban J connectivity index is 2.80. The molecule has 0 heterocycles. The number of aryl methyl sites for hydroxylation is 1. The normalized spacial score (nSPS) is 9.27. The summed E-state index contributed by atoms with van der Waals surface area (Å²) in [6.45, 7) is 4.28. The van der Waals surface area contributed by atoms with Crippen molar-refractivity contribution in [3.05, 3.63) is 29.3 Å². The molecule has 15 heavy (non-hydrogen) atoms. The van der Waals surface area contributed by atoms with E-state index in [9.17, 15) is 0 Å². The average molecular weight is 201 g/mol. The lowest BCUT2D eigenvalue weighted by atomic mass is 10.1. The minimum Gasteiger partial charge on any atom is -0.387 e. The first-order valence-electron chi connectivity index (χ1n) is 5.55. The van der Waals surface area contributed by atoms with E-state index in [0.29, 0.717) is 0 Å². The maximum atomic E-state index is 3.23. The first-order valence-corrected chi connectivity index (χ1v) is 5.55. The van der Waals surface area contributed by atoms with Gasteiger partial charge in [0.25, 0.3) is 0 Å². The van der Waals surface area contributed by atoms with E-state index < -0.39 is 0 Å². The zero-order valence-corrected chi connectivity index (χ0v) is 9.85. The van der Waals surface area contributed by atoms with Gasteiger partial charge >= 0.3 is 0 Å². The Labute approximate surface area is 92.9 Å². The fraction of sp³-hybridized carbons (Fsp3) is 0.429. The summed E-state index contributed by atoms with van der Waals surface area (Å²) in [5.74, 6) is 6.44. The smallest absolute Gasteiger partial charge is 0.0496 e. The Morgan fingerprint density at radius 3 is 2.80 bits per heavy atom. The molecule has 1 aromatic rings. The molecule has 0 saturated heterocycles. The zero-order valence-electron chi connectivity index (χ0n) is 9.85. The van der Waals surface area contributed by atoms with Gasteiger partial charge in [-0.2, -0.15) is 0 Å². The molecule has 0 aliphatic rings. The highest BCUT2D eigenvalue weighted by Gasteiger charge is 1.96. The average Bonchev–Trinajstić information content (AvgIpc) is 2.25. The second kappa shape index (κ2) is 6.14. The third-order valence-corrected chi connectivity index (χ3v) is 2.32. The van der Waals surface area contributed by atoms with E-state index in [-0.39, 0.29) is 0 Å². The number of anilines is 1. The van der Waals surface area contributed by atoms with Crippen molar-refractivity contribution < 1.29 is 0 Å². The predicted octanol–water partition coefficient (Wildman–Crippen LogP) is 3.58. The summed E-state index contributed by atoms with van der Waals surface area (Å²) in [6.07, 6.45) is 3.39. The maximum absolute atomic E-state index is 3.23. The molecule has 1 N–H and O–H groups in total. The van der Waals surface area contributed by atoms with Crippen molar-refractivity contribution in [3.8, 4) is 11.8 Å². The summed E-state index contributed by atoms with van der Waals surface area (Å²) < 4.78 is 0. The van der Waals surface area contributed by atoms with E-state index in [1.165, 1.54) is 18.4 Å². The molecule has 0 amide bonds. The van der Waals surface area contributed by atoms with Crippen molar-refractivity contribution in [3.63, 3.8) is 0 Å². The maximum Gasteiger partial charge on any atom is 0.0496 e. The van der Waals surface area contributed by atoms with Gasteiger partial charge in [0.15, 0.2) is 0 Å². The summed E-state index contributed by atoms with van der Waals surface area (Å²) in [5.41, 5.74) is 3.48. The second-order valence-corrected chi connectivity index (χ2v) is 3.70. The molecule has 0 atom stereocenters. The highest BCUT2D eigenvalue weighted by Crippen LogP contribution is 2.15. The second-order valence-electron chi connectivity index (χ2n) is 3.70. The van der Waals surface area contributed by atoms with Crippen LogP contribution in [0, 0.1) is 18.8 Å². The van der Waals surface area contributed by atoms with Crippen molar-refractivity contribution in [2.45, 2.75) is 33.1 Å². The van der Waals surface area contributed by atoms with E-state index in [4.69, 9.17) is 0 Å². The molecule has 1 nitrogen and oxygen atoms in total. The quantitative estimate of drug-likeness (QED) is 0.582. The highest BCUT2D eigenvalue weighted by atomic mass is 14.8. The van der Waals surface area contributed by atoms with Crippen LogP contribution in [0.25, 0.3) is 0 Å². The number of nitrogens with one attached hydrogen (secondary N) is 1. The van der Waals surface area contributed by atoms with Gasteiger partial charge in [0, 0.05) is 24.7 Å². The Morgan fingerprint density at radius 1 is 1.33 bits per heavy atom. The van der Waals surface area contributed by atoms with Crippen LogP contribution in [0.4, 0.5) is 5.69 Å². The lowest BCUT2D eigenvalue weighted by Crippen LogP contribution is -1.92. The topological polar surface area (TPSA) is 12.0 Å². The number of benzene rings is 1. The standard InChI is InChI=1S/C14H19N/c1-4-5-6-7-8-13-11-12(2)9-10-14(13)15-3/h9-11,15H,4-6H2,1-3H3. The Bertz CT molecular complexity index is 369. The molecule has 0 aliphatic heterocycles. The van der Waals surface area contributed by atoms with E-state index in [0.717, 1.165) is 17.7 Å². The molecule has 0 bridgehead atoms. The van der Waals surface area contributed by atoms with Gasteiger partial charge in [-0.25, -0.2) is 0 Å². The minimum atomic E-state index is 0.994. The molecule has 0 fully saturated rings. The fourth-order valence-corrected chi connectivity index (χ4v) is 1.40. The molecule has 0 spiro atoms. The molecule has 80 valence electrons. The Kier molecular flexibility index (Phi) is 4.77. The van der Waals surface area contributed by atoms with Gasteiger partial charge in [0.2, 0.25) is 0 Å². The molecule has 1 aromatic carbocycles. The molecular formula is C14H19N. The van der Waals surface area contributed by atoms with Crippen LogP contribution in [0.1, 0.15) is 37.3 Å². The van der Waals surface area contributed by atoms with Crippen molar-refractivity contribution in [2.75, 3.05) is 12.4 Å². The van der Waals surface area contributed by atoms with Gasteiger partial charge < -0.3 is 5.32 Å². The van der Waals surface area contributed by atoms with Crippen LogP contribution in [0.15, 0.2) is 18.2 Å². The summed E-state index contributed by atoms with van der Waals surface area (Å²) in [4.78, 5) is 0. The summed E-state index contributed by atoms with van der Waals surface area (Å²) in [7, 11) is 1.93. The molecule has 0 aromatic heterocycles. The van der Waals surface area contributed by atoms with Crippen molar-refractivity contribution in [1.82, 2.24) is 0 Å². The zero-order chi connectivity index (χ0) is 11.1. The van der Waals surface area contributed by atoms with Gasteiger partial charge in [-0.15, -0.1) is 0 Å². The largest absolute Gasteiger partial charge is 0.387 e. The minimum absolute atomic E-state index is 0.994. The summed E-state index contributed by atoms with van der Waals surface area (Å²) in [6, 6.07) is 6.31. The first kappa shape index (κ1) is 11.7. The fourth-order valence-electron chi connectivity index (χ4n) is 1.40. The molecule has 0 aliphatic carbocycles. The monoisotopic (exact) mass is 201 g/mol. The predicted molar refractivity (Wildman–Crippen MR) is 67.1 cm³/mol. The lowest BCUT2D eigenvalue weighted by Gasteiger charge is -2.04. The molecule has 1 rings (SSSR count). The van der Waals surface area contributed by atoms with Crippen LogP contribution in [0.2, 0.25) is 0 Å². The van der Waals surface area contributed by atoms with Gasteiger partial charge in [0.1, 0.15) is 0 Å². The van der Waals surface area contributed by atoms with E-state index in [1.807, 2.05) is 7.05 Å². The number of rotatable bonds is 3. The highest BCUT2D eigenvalue weighted by molar-refractivity contribution is 5.59. The third-order valence-electron chi connectivity index (χ3n) is 2.32. The van der Waals surface area contributed by atoms with Crippen LogP contribution in [0.3, 0.4) is 0 Å². The van der Waals surface area contributed by atoms with Crippen LogP contribution >= 0.6 is 0 Å². The van der Waals surface area contributed by atoms with Crippen LogP contribution in [-0.2, 0) is 0 Å². The summed E-state index contributed by atoms with van der Waals surface area (Å²) >= 11 is 0. The van der Waals surface area contributed by atoms with E-state index >= 15 is 0 Å². The van der Waals surface area contributed by atoms with Crippen molar-refractivity contribution in [1.29, 1.82) is 0 Å². The van der Waals surface area contributed by atoms with Gasteiger partial charge in [-0.05, 0) is 31.0 Å². The van der Waals surface area contributed by atoms with E-state index in [1.54, 1.807) is 0 Å². The number of hydrogen-bond donors (Lipinski definition) is 1. The molecule has 0 unspecified atom stereocenters. The van der Waals surface area contributed by atoms with Crippen LogP contribution < -0.4 is 5.32 Å². The number of unbranched alkanes of at least 4 members (excludes halogenated alkanes) is 2. The van der Waals surface area contributed by atoms with Gasteiger partial charge in [-0.3, -0.25) is 0 Å². The Morgan fingerprint density at radius 2 is 2.13 bits per heavy atom. The number of hydrogen-bond acceptors (Lipinski definition) is 1. The molecule has 0 radical (unpaired) electrons. The van der Waals surface area contributed by atoms with Gasteiger partial charge in [-0.1, -0.05) is 31.3 Å². The lowest BCUT2D eigenvalue weighted by molar-refractivity contribution is 0.828. The SMILES string of the molecule is CCCCC#Cc1cc(C)ccc1NC. The Hall–Kier alpha value is -1.42. The third kappa shape index (κ3) is 3.67. The summed E-state index contributed by atoms with van der Waals surface area (Å²) in [5, 5.41) is 3.16.